The molecule has 2 aromatic rings. The van der Waals surface area contributed by atoms with Crippen LogP contribution in [0.2, 0.25) is 0 Å². The van der Waals surface area contributed by atoms with Crippen LogP contribution in [0.1, 0.15) is 12.0 Å². The maximum absolute atomic E-state index is 12.6. The Balaban J connectivity index is 2.47. The summed E-state index contributed by atoms with van der Waals surface area (Å²) in [5.74, 6) is -1.26. The van der Waals surface area contributed by atoms with Crippen LogP contribution in [0.25, 0.3) is 11.1 Å². The lowest BCUT2D eigenvalue weighted by molar-refractivity contribution is -0.138. The van der Waals surface area contributed by atoms with Crippen LogP contribution >= 0.6 is 0 Å². The van der Waals surface area contributed by atoms with Gasteiger partial charge in [0.1, 0.15) is 6.29 Å². The lowest BCUT2D eigenvalue weighted by Gasteiger charge is -2.15. The molecule has 0 aliphatic rings. The zero-order chi connectivity index (χ0) is 17.7. The number of aryl methyl sites for hydroxylation is 1. The van der Waals surface area contributed by atoms with Gasteiger partial charge in [-0.2, -0.15) is 0 Å². The van der Waals surface area contributed by atoms with Gasteiger partial charge in [-0.1, -0.05) is 42.5 Å². The first kappa shape index (κ1) is 17.8. The van der Waals surface area contributed by atoms with E-state index in [1.54, 1.807) is 30.3 Å². The molecule has 0 saturated heterocycles. The molecular weight excluding hydrogens is 330 g/mol. The molecular formula is C17H17NO5S. The Labute approximate surface area is 140 Å². The Morgan fingerprint density at radius 3 is 2.29 bits per heavy atom. The molecule has 2 N–H and O–H groups in total. The maximum Gasteiger partial charge on any atom is 0.305 e. The van der Waals surface area contributed by atoms with Crippen LogP contribution in [-0.2, 0) is 19.6 Å². The van der Waals surface area contributed by atoms with E-state index in [1.165, 1.54) is 6.07 Å². The number of hydrogen-bond donors (Lipinski definition) is 2. The topological polar surface area (TPSA) is 101 Å². The lowest BCUT2D eigenvalue weighted by Crippen LogP contribution is -2.37. The second-order valence-electron chi connectivity index (χ2n) is 5.27. The van der Waals surface area contributed by atoms with Gasteiger partial charge in [-0.15, -0.1) is 0 Å². The number of carboxylic acid groups (broad SMARTS) is 1. The molecule has 126 valence electrons. The molecule has 6 nitrogen and oxygen atoms in total. The van der Waals surface area contributed by atoms with Gasteiger partial charge in [0.15, 0.2) is 0 Å². The van der Waals surface area contributed by atoms with Gasteiger partial charge in [0, 0.05) is 5.56 Å². The average molecular weight is 347 g/mol. The van der Waals surface area contributed by atoms with E-state index < -0.39 is 28.5 Å². The van der Waals surface area contributed by atoms with Crippen molar-refractivity contribution in [2.75, 3.05) is 0 Å². The highest BCUT2D eigenvalue weighted by Crippen LogP contribution is 2.29. The van der Waals surface area contributed by atoms with E-state index in [0.717, 1.165) is 11.1 Å². The summed E-state index contributed by atoms with van der Waals surface area (Å²) in [6, 6.07) is 12.4. The summed E-state index contributed by atoms with van der Waals surface area (Å²) in [4.78, 5) is 21.7. The van der Waals surface area contributed by atoms with E-state index >= 15 is 0 Å². The minimum atomic E-state index is -4.06. The van der Waals surface area contributed by atoms with Crippen molar-refractivity contribution in [3.63, 3.8) is 0 Å². The Hall–Kier alpha value is -2.51. The first-order chi connectivity index (χ1) is 11.3. The maximum atomic E-state index is 12.6. The minimum absolute atomic E-state index is 0.00320. The van der Waals surface area contributed by atoms with Crippen molar-refractivity contribution in [3.8, 4) is 11.1 Å². The van der Waals surface area contributed by atoms with Crippen LogP contribution in [0, 0.1) is 6.92 Å². The van der Waals surface area contributed by atoms with Crippen LogP contribution in [0.5, 0.6) is 0 Å². The molecule has 0 heterocycles. The zero-order valence-corrected chi connectivity index (χ0v) is 13.8. The van der Waals surface area contributed by atoms with Crippen molar-refractivity contribution in [3.05, 3.63) is 54.1 Å². The number of carboxylic acids is 1. The highest BCUT2D eigenvalue weighted by molar-refractivity contribution is 7.89. The predicted octanol–water partition coefficient (Wildman–Crippen LogP) is 1.98. The van der Waals surface area contributed by atoms with Gasteiger partial charge in [-0.3, -0.25) is 4.79 Å². The van der Waals surface area contributed by atoms with Gasteiger partial charge in [0.2, 0.25) is 10.0 Å². The molecule has 0 fully saturated rings. The van der Waals surface area contributed by atoms with Gasteiger partial charge in [0.05, 0.1) is 17.4 Å². The Morgan fingerprint density at radius 2 is 1.71 bits per heavy atom. The molecule has 0 saturated carbocycles. The Morgan fingerprint density at radius 1 is 1.12 bits per heavy atom. The number of sulfonamides is 1. The van der Waals surface area contributed by atoms with E-state index in [-0.39, 0.29) is 11.2 Å². The summed E-state index contributed by atoms with van der Waals surface area (Å²) < 4.78 is 27.4. The molecule has 1 unspecified atom stereocenters. The molecule has 0 aromatic heterocycles. The first-order valence-electron chi connectivity index (χ1n) is 7.19. The molecule has 2 rings (SSSR count). The van der Waals surface area contributed by atoms with Gasteiger partial charge in [-0.05, 0) is 24.1 Å². The minimum Gasteiger partial charge on any atom is -0.481 e. The molecule has 1 atom stereocenters. The quantitative estimate of drug-likeness (QED) is 0.746. The first-order valence-corrected chi connectivity index (χ1v) is 8.68. The third kappa shape index (κ3) is 4.06. The van der Waals surface area contributed by atoms with Crippen molar-refractivity contribution >= 4 is 22.3 Å². The van der Waals surface area contributed by atoms with Gasteiger partial charge < -0.3 is 9.90 Å². The van der Waals surface area contributed by atoms with Crippen LogP contribution in [0.3, 0.4) is 0 Å². The smallest absolute Gasteiger partial charge is 0.305 e. The fourth-order valence-corrected chi connectivity index (χ4v) is 3.76. The molecule has 7 heteroatoms. The summed E-state index contributed by atoms with van der Waals surface area (Å²) in [5.41, 5.74) is 2.14. The molecule has 0 amide bonds. The largest absolute Gasteiger partial charge is 0.481 e. The fraction of sp³-hybridized carbons (Fsp3) is 0.176. The molecule has 0 aliphatic heterocycles. The van der Waals surface area contributed by atoms with Crippen LogP contribution in [0.4, 0.5) is 0 Å². The normalized spacial score (nSPS) is 12.5. The van der Waals surface area contributed by atoms with Crippen LogP contribution in [-0.4, -0.2) is 31.8 Å². The molecule has 0 bridgehead atoms. The molecule has 0 spiro atoms. The third-order valence-electron chi connectivity index (χ3n) is 3.48. The Kier molecular flexibility index (Phi) is 5.48. The van der Waals surface area contributed by atoms with E-state index in [0.29, 0.717) is 5.56 Å². The fourth-order valence-electron chi connectivity index (χ4n) is 2.37. The SMILES string of the molecule is Cc1ccccc1-c1ccccc1S(=O)(=O)NC(C=O)CC(=O)O. The van der Waals surface area contributed by atoms with E-state index in [4.69, 9.17) is 5.11 Å². The van der Waals surface area contributed by atoms with E-state index in [2.05, 4.69) is 4.72 Å². The number of aliphatic carboxylic acids is 1. The van der Waals surface area contributed by atoms with Gasteiger partial charge in [0.25, 0.3) is 0 Å². The summed E-state index contributed by atoms with van der Waals surface area (Å²) in [6.07, 6.45) is -0.336. The monoisotopic (exact) mass is 347 g/mol. The van der Waals surface area contributed by atoms with Crippen molar-refractivity contribution in [1.29, 1.82) is 0 Å². The number of aldehydes is 1. The summed E-state index contributed by atoms with van der Waals surface area (Å²) in [7, 11) is -4.06. The average Bonchev–Trinajstić information content (AvgIpc) is 2.54. The molecule has 0 aliphatic carbocycles. The lowest BCUT2D eigenvalue weighted by atomic mass is 10.0. The van der Waals surface area contributed by atoms with E-state index in [1.807, 2.05) is 19.1 Å². The zero-order valence-electron chi connectivity index (χ0n) is 13.0. The number of carbonyl (C=O) groups is 2. The van der Waals surface area contributed by atoms with Crippen molar-refractivity contribution in [1.82, 2.24) is 4.72 Å². The highest BCUT2D eigenvalue weighted by atomic mass is 32.2. The molecule has 0 radical (unpaired) electrons. The van der Waals surface area contributed by atoms with Crippen molar-refractivity contribution < 1.29 is 23.1 Å². The Bertz CT molecular complexity index is 861. The molecule has 2 aromatic carbocycles. The second kappa shape index (κ2) is 7.37. The summed E-state index contributed by atoms with van der Waals surface area (Å²) in [5, 5.41) is 8.76. The van der Waals surface area contributed by atoms with Gasteiger partial charge in [-0.25, -0.2) is 13.1 Å². The van der Waals surface area contributed by atoms with Crippen molar-refractivity contribution in [2.24, 2.45) is 0 Å². The van der Waals surface area contributed by atoms with Crippen LogP contribution in [0.15, 0.2) is 53.4 Å². The predicted molar refractivity (Wildman–Crippen MR) is 89.0 cm³/mol. The number of hydrogen-bond acceptors (Lipinski definition) is 4. The molecule has 24 heavy (non-hydrogen) atoms. The van der Waals surface area contributed by atoms with Gasteiger partial charge >= 0.3 is 5.97 Å². The highest BCUT2D eigenvalue weighted by Gasteiger charge is 2.24. The standard InChI is InChI=1S/C17H17NO5S/c1-12-6-2-3-7-14(12)15-8-4-5-9-16(15)24(22,23)18-13(11-19)10-17(20)21/h2-9,11,13,18H,10H2,1H3,(H,20,21). The summed E-state index contributed by atoms with van der Waals surface area (Å²) >= 11 is 0. The second-order valence-corrected chi connectivity index (χ2v) is 6.96. The number of carbonyl (C=O) groups excluding carboxylic acids is 1. The third-order valence-corrected chi connectivity index (χ3v) is 5.03. The number of nitrogens with one attached hydrogen (secondary N) is 1. The van der Waals surface area contributed by atoms with Crippen LogP contribution < -0.4 is 4.72 Å². The summed E-state index contributed by atoms with van der Waals surface area (Å²) in [6.45, 7) is 1.87. The number of benzene rings is 2. The van der Waals surface area contributed by atoms with Crippen molar-refractivity contribution in [2.45, 2.75) is 24.3 Å². The number of rotatable bonds is 7. The van der Waals surface area contributed by atoms with E-state index in [9.17, 15) is 18.0 Å².